The molecule has 0 fully saturated rings. The number of hydrogen-bond acceptors (Lipinski definition) is 14. The van der Waals surface area contributed by atoms with E-state index in [2.05, 4.69) is 52.8 Å². The van der Waals surface area contributed by atoms with Gasteiger partial charge in [0.05, 0.1) is 25.7 Å². The normalized spacial score (nSPS) is 14.9. The number of primary amides is 1. The number of hydrogen-bond donors (Lipinski definition) is 12. The summed E-state index contributed by atoms with van der Waals surface area (Å²) in [5.74, 6) is -5.86. The maximum absolute atomic E-state index is 14.8. The number of aryl methyl sites for hydroxylation is 1. The van der Waals surface area contributed by atoms with Crippen LogP contribution in [0.2, 0.25) is 0 Å². The third-order valence-corrected chi connectivity index (χ3v) is 12.6. The zero-order chi connectivity index (χ0) is 56.2. The van der Waals surface area contributed by atoms with Gasteiger partial charge in [-0.2, -0.15) is 0 Å². The number of esters is 1. The minimum Gasteiger partial charge on any atom is -0.492 e. The van der Waals surface area contributed by atoms with Gasteiger partial charge in [-0.25, -0.2) is 4.79 Å². The van der Waals surface area contributed by atoms with Gasteiger partial charge in [-0.05, 0) is 100 Å². The molecule has 0 saturated heterocycles. The highest BCUT2D eigenvalue weighted by molar-refractivity contribution is 5.99. The first-order valence-electron chi connectivity index (χ1n) is 25.4. The molecule has 0 spiro atoms. The Bertz CT molecular complexity index is 2400. The quantitative estimate of drug-likeness (QED) is 0.0315. The molecule has 22 nitrogen and oxygen atoms in total. The second-order valence-electron chi connectivity index (χ2n) is 21.0. The average molecular weight is 1050 g/mol. The number of unbranched alkanes of at least 4 members (excludes halogenated alkanes) is 1. The summed E-state index contributed by atoms with van der Waals surface area (Å²) >= 11 is 0. The third kappa shape index (κ3) is 19.5. The molecule has 416 valence electrons. The smallest absolute Gasteiger partial charge is 0.328 e. The number of rotatable bonds is 30. The summed E-state index contributed by atoms with van der Waals surface area (Å²) in [5.41, 5.74) is 6.94. The van der Waals surface area contributed by atoms with Gasteiger partial charge in [0.25, 0.3) is 0 Å². The van der Waals surface area contributed by atoms with Gasteiger partial charge in [-0.3, -0.25) is 33.6 Å². The van der Waals surface area contributed by atoms with E-state index in [4.69, 9.17) is 15.2 Å². The van der Waals surface area contributed by atoms with Crippen molar-refractivity contribution in [2.24, 2.45) is 16.6 Å². The number of ether oxygens (including phenoxy) is 2. The number of aromatic nitrogens is 1. The van der Waals surface area contributed by atoms with Crippen molar-refractivity contribution in [1.29, 1.82) is 0 Å². The molecule has 3 rings (SSSR count). The Labute approximate surface area is 440 Å². The lowest BCUT2D eigenvalue weighted by Gasteiger charge is -2.33. The van der Waals surface area contributed by atoms with E-state index < -0.39 is 113 Å². The van der Waals surface area contributed by atoms with Crippen LogP contribution in [0.1, 0.15) is 90.8 Å². The largest absolute Gasteiger partial charge is 0.492 e. The van der Waals surface area contributed by atoms with Crippen LogP contribution in [0.15, 0.2) is 48.7 Å². The Morgan fingerprint density at radius 1 is 0.667 bits per heavy atom. The molecule has 0 radical (unpaired) electrons. The summed E-state index contributed by atoms with van der Waals surface area (Å²) in [7, 11) is 6.36. The van der Waals surface area contributed by atoms with Crippen LogP contribution in [0.4, 0.5) is 0 Å². The number of aliphatic hydroxyl groups is 1. The van der Waals surface area contributed by atoms with E-state index in [1.165, 1.54) is 14.0 Å². The number of fused-ring (bicyclic) bond motifs is 1. The summed E-state index contributed by atoms with van der Waals surface area (Å²) in [4.78, 5) is 114. The third-order valence-electron chi connectivity index (χ3n) is 12.6. The number of carbonyl (C=O) groups is 8. The number of carbonyl (C=O) groups excluding carboxylic acids is 8. The van der Waals surface area contributed by atoms with Crippen LogP contribution in [0.25, 0.3) is 10.9 Å². The number of aromatic amines is 1. The summed E-state index contributed by atoms with van der Waals surface area (Å²) in [5, 5.41) is 36.7. The van der Waals surface area contributed by atoms with Crippen molar-refractivity contribution in [2.45, 2.75) is 142 Å². The fourth-order valence-electron chi connectivity index (χ4n) is 8.43. The van der Waals surface area contributed by atoms with E-state index in [1.807, 2.05) is 32.2 Å². The summed E-state index contributed by atoms with van der Waals surface area (Å²) in [6.45, 7) is 15.4. The Balaban J connectivity index is 1.99. The minimum absolute atomic E-state index is 0.0614. The molecule has 0 aliphatic heterocycles. The lowest BCUT2D eigenvalue weighted by Crippen LogP contribution is -2.63. The molecule has 3 aromatic rings. The predicted octanol–water partition coefficient (Wildman–Crippen LogP) is 0.268. The van der Waals surface area contributed by atoms with E-state index in [0.717, 1.165) is 16.5 Å². The van der Waals surface area contributed by atoms with Crippen molar-refractivity contribution in [3.63, 3.8) is 0 Å². The van der Waals surface area contributed by atoms with Gasteiger partial charge in [0.15, 0.2) is 0 Å². The number of nitrogens with one attached hydrogen (secondary N) is 10. The Morgan fingerprint density at radius 2 is 1.24 bits per heavy atom. The molecular weight excluding hydrogens is 967 g/mol. The van der Waals surface area contributed by atoms with E-state index >= 15 is 0 Å². The van der Waals surface area contributed by atoms with Crippen molar-refractivity contribution in [2.75, 3.05) is 47.9 Å². The highest BCUT2D eigenvalue weighted by atomic mass is 16.5. The molecule has 2 aromatic carbocycles. The summed E-state index contributed by atoms with van der Waals surface area (Å²) in [6, 6.07) is 3.48. The molecule has 13 N–H and O–H groups in total. The molecule has 75 heavy (non-hydrogen) atoms. The van der Waals surface area contributed by atoms with Gasteiger partial charge in [-0.15, -0.1) is 0 Å². The van der Waals surface area contributed by atoms with Gasteiger partial charge in [0.1, 0.15) is 48.6 Å². The molecule has 8 atom stereocenters. The second kappa shape index (κ2) is 29.5. The molecule has 22 heteroatoms. The fourth-order valence-corrected chi connectivity index (χ4v) is 8.43. The zero-order valence-electron chi connectivity index (χ0n) is 45.7. The van der Waals surface area contributed by atoms with Gasteiger partial charge in [0.2, 0.25) is 41.4 Å². The molecule has 0 bridgehead atoms. The van der Waals surface area contributed by atoms with Gasteiger partial charge >= 0.3 is 5.97 Å². The SMILES string of the molecule is CNCCCC[C@H](NC(=O)[C@H](Cc1c[nH]c2c(C)cccc12)NC(=O)[C@@H](NC(=O)[C@H](CC(N)=O)NC(=O)[C@@H](NC)C(C)(C)C)[C@@H](C)O)C(=O)N[C@H](C(=O)N[C@@H](Cc1ccc(OCCNC)cc1)C(=O)OC)C(C)(C)C. The lowest BCUT2D eigenvalue weighted by molar-refractivity contribution is -0.146. The number of aliphatic hydroxyl groups excluding tert-OH is 1. The van der Waals surface area contributed by atoms with Crippen molar-refractivity contribution >= 4 is 58.2 Å². The van der Waals surface area contributed by atoms with Crippen LogP contribution in [0.5, 0.6) is 5.75 Å². The maximum Gasteiger partial charge on any atom is 0.328 e. The standard InChI is InChI=1S/C53H83N11O11/c1-30-16-15-17-35-33(29-58-41(30)35)27-37(60-48(70)42(31(2)65)63-47(69)38(28-40(54)66)61-49(71)43(57-11)52(3,4)5)46(68)59-36(18-13-14-23-55-9)45(67)64-44(53(6,7)8)50(72)62-39(51(73)74-12)26-32-19-21-34(22-20-32)75-25-24-56-10/h15-17,19-22,29,31,36-39,42-44,55-58,65H,13-14,18,23-28H2,1-12H3,(H2,54,66)(H,59,68)(H,60,70)(H,61,71)(H,62,72)(H,63,69)(H,64,67)/t31-,36+,37+,38+,39+,42+,43-,44-/m1/s1. The van der Waals surface area contributed by atoms with Crippen molar-refractivity contribution in [1.82, 2.24) is 52.8 Å². The first-order chi connectivity index (χ1) is 35.2. The number of nitrogens with two attached hydrogens (primary N) is 1. The van der Waals surface area contributed by atoms with Crippen LogP contribution < -0.4 is 58.3 Å². The van der Waals surface area contributed by atoms with Crippen LogP contribution in [0, 0.1) is 17.8 Å². The second-order valence-corrected chi connectivity index (χ2v) is 21.0. The first kappa shape index (κ1) is 62.7. The molecule has 0 aliphatic rings. The number of likely N-dealkylation sites (N-methyl/N-ethyl adjacent to an activating group) is 2. The highest BCUT2D eigenvalue weighted by Crippen LogP contribution is 2.24. The highest BCUT2D eigenvalue weighted by Gasteiger charge is 2.39. The zero-order valence-corrected chi connectivity index (χ0v) is 45.7. The van der Waals surface area contributed by atoms with Crippen molar-refractivity contribution in [3.05, 3.63) is 65.4 Å². The van der Waals surface area contributed by atoms with E-state index in [0.29, 0.717) is 49.4 Å². The van der Waals surface area contributed by atoms with E-state index in [1.54, 1.807) is 86.1 Å². The van der Waals surface area contributed by atoms with Gasteiger partial charge in [-0.1, -0.05) is 71.9 Å². The number of para-hydroxylation sites is 1. The fraction of sp³-hybridized carbons (Fsp3) is 0.585. The number of methoxy groups -OCH3 is 1. The number of H-pyrrole nitrogens is 1. The molecule has 0 unspecified atom stereocenters. The molecule has 7 amide bonds. The number of amides is 7. The van der Waals surface area contributed by atoms with Crippen molar-refractivity contribution in [3.8, 4) is 5.75 Å². The summed E-state index contributed by atoms with van der Waals surface area (Å²) < 4.78 is 10.8. The van der Waals surface area contributed by atoms with Crippen LogP contribution in [-0.4, -0.2) is 154 Å². The van der Waals surface area contributed by atoms with E-state index in [-0.39, 0.29) is 19.3 Å². The Morgan fingerprint density at radius 3 is 1.81 bits per heavy atom. The Kier molecular flexibility index (Phi) is 24.6. The molecule has 0 saturated carbocycles. The van der Waals surface area contributed by atoms with Gasteiger partial charge < -0.3 is 73.1 Å². The maximum atomic E-state index is 14.8. The number of benzene rings is 2. The average Bonchev–Trinajstić information content (AvgIpc) is 3.75. The lowest BCUT2D eigenvalue weighted by atomic mass is 9.85. The molecular formula is C53H83N11O11. The van der Waals surface area contributed by atoms with Crippen LogP contribution in [0.3, 0.4) is 0 Å². The Hall–Kier alpha value is -6.62. The minimum atomic E-state index is -1.73. The molecule has 1 aromatic heterocycles. The monoisotopic (exact) mass is 1050 g/mol. The first-order valence-corrected chi connectivity index (χ1v) is 25.4. The topological polar surface area (TPSA) is 325 Å². The van der Waals surface area contributed by atoms with Crippen molar-refractivity contribution < 1.29 is 52.9 Å². The molecule has 1 heterocycles. The van der Waals surface area contributed by atoms with Crippen LogP contribution >= 0.6 is 0 Å². The molecule has 0 aliphatic carbocycles. The van der Waals surface area contributed by atoms with Crippen LogP contribution in [-0.2, 0) is 55.9 Å². The van der Waals surface area contributed by atoms with Gasteiger partial charge in [0, 0.05) is 36.5 Å². The van der Waals surface area contributed by atoms with E-state index in [9.17, 15) is 43.5 Å². The predicted molar refractivity (Wildman–Crippen MR) is 285 cm³/mol. The summed E-state index contributed by atoms with van der Waals surface area (Å²) in [6.07, 6.45) is 0.560.